The smallest absolute Gasteiger partial charge is 0.372 e. The first kappa shape index (κ1) is 11.6. The molecule has 1 N–H and O–H groups in total. The van der Waals surface area contributed by atoms with E-state index in [0.29, 0.717) is 5.56 Å². The molecule has 0 heterocycles. The lowest BCUT2D eigenvalue weighted by Crippen LogP contribution is -1.90. The van der Waals surface area contributed by atoms with E-state index in [0.717, 1.165) is 24.3 Å². The molecule has 16 heavy (non-hydrogen) atoms. The second-order valence-electron chi connectivity index (χ2n) is 2.73. The van der Waals surface area contributed by atoms with Crippen LogP contribution >= 0.6 is 0 Å². The zero-order chi connectivity index (χ0) is 12.1. The summed E-state index contributed by atoms with van der Waals surface area (Å²) in [7, 11) is 0. The average Bonchev–Trinajstić information content (AvgIpc) is 2.25. The fourth-order valence-electron chi connectivity index (χ4n) is 0.989. The number of nitro benzene ring substituents is 1. The van der Waals surface area contributed by atoms with Crippen LogP contribution in [0, 0.1) is 10.1 Å². The van der Waals surface area contributed by atoms with Crippen molar-refractivity contribution in [2.45, 2.75) is 0 Å². The first-order valence-corrected chi connectivity index (χ1v) is 4.02. The van der Waals surface area contributed by atoms with Crippen LogP contribution in [0.5, 0.6) is 5.75 Å². The zero-order valence-corrected chi connectivity index (χ0v) is 7.79. The van der Waals surface area contributed by atoms with Gasteiger partial charge in [0.05, 0.1) is 4.92 Å². The van der Waals surface area contributed by atoms with Crippen molar-refractivity contribution >= 4 is 17.7 Å². The highest BCUT2D eigenvalue weighted by atomic mass is 19.3. The second-order valence-corrected chi connectivity index (χ2v) is 2.73. The van der Waals surface area contributed by atoms with Gasteiger partial charge in [-0.2, -0.15) is 0 Å². The summed E-state index contributed by atoms with van der Waals surface area (Å²) in [6, 6.07) is 3.43. The number of nitrogens with zero attached hydrogens (tertiary/aromatic N) is 1. The summed E-state index contributed by atoms with van der Waals surface area (Å²) in [6.07, 6.45) is 1.92. The van der Waals surface area contributed by atoms with E-state index in [-0.39, 0.29) is 0 Å². The Labute approximate surface area is 88.6 Å². The molecular weight excluding hydrogens is 221 g/mol. The van der Waals surface area contributed by atoms with E-state index in [1.807, 2.05) is 0 Å². The van der Waals surface area contributed by atoms with Crippen molar-refractivity contribution in [3.05, 3.63) is 40.0 Å². The molecule has 0 saturated carbocycles. The third-order valence-corrected chi connectivity index (χ3v) is 1.68. The lowest BCUT2D eigenvalue weighted by atomic mass is 10.2. The quantitative estimate of drug-likeness (QED) is 0.482. The molecule has 0 aliphatic heterocycles. The van der Waals surface area contributed by atoms with Crippen LogP contribution in [0.15, 0.2) is 24.3 Å². The van der Waals surface area contributed by atoms with Crippen molar-refractivity contribution in [2.24, 2.45) is 0 Å². The number of phenols is 1. The van der Waals surface area contributed by atoms with E-state index < -0.39 is 22.3 Å². The van der Waals surface area contributed by atoms with Crippen LogP contribution in [0.4, 0.5) is 10.2 Å². The molecule has 1 aromatic rings. The minimum atomic E-state index is -1.21. The van der Waals surface area contributed by atoms with Gasteiger partial charge in [0.15, 0.2) is 5.75 Å². The second kappa shape index (κ2) is 4.87. The molecular formula is C9H6FNO5. The summed E-state index contributed by atoms with van der Waals surface area (Å²) in [5, 5.41) is 19.6. The predicted octanol–water partition coefficient (Wildman–Crippen LogP) is 1.74. The van der Waals surface area contributed by atoms with Crippen LogP contribution in [0.1, 0.15) is 5.56 Å². The van der Waals surface area contributed by atoms with Crippen molar-refractivity contribution in [1.82, 2.24) is 0 Å². The zero-order valence-electron chi connectivity index (χ0n) is 7.79. The Bertz CT molecular complexity index is 457. The van der Waals surface area contributed by atoms with Crippen LogP contribution < -0.4 is 0 Å². The molecule has 6 nitrogen and oxygen atoms in total. The number of hydrogen-bond acceptors (Lipinski definition) is 5. The van der Waals surface area contributed by atoms with Crippen molar-refractivity contribution in [2.75, 3.05) is 0 Å². The highest BCUT2D eigenvalue weighted by Gasteiger charge is 2.11. The third-order valence-electron chi connectivity index (χ3n) is 1.68. The molecule has 0 spiro atoms. The maximum Gasteiger partial charge on any atom is 0.372 e. The maximum absolute atomic E-state index is 11.3. The van der Waals surface area contributed by atoms with Gasteiger partial charge in [0.25, 0.3) is 0 Å². The van der Waals surface area contributed by atoms with Gasteiger partial charge in [0.2, 0.25) is 0 Å². The predicted molar refractivity (Wildman–Crippen MR) is 51.0 cm³/mol. The van der Waals surface area contributed by atoms with Gasteiger partial charge in [-0.25, -0.2) is 4.79 Å². The largest absolute Gasteiger partial charge is 0.502 e. The van der Waals surface area contributed by atoms with E-state index in [2.05, 4.69) is 4.94 Å². The number of carbonyl (C=O) groups excluding carboxylic acids is 1. The number of benzene rings is 1. The van der Waals surface area contributed by atoms with E-state index >= 15 is 0 Å². The highest BCUT2D eigenvalue weighted by molar-refractivity contribution is 5.86. The fourth-order valence-corrected chi connectivity index (χ4v) is 0.989. The molecule has 0 amide bonds. The van der Waals surface area contributed by atoms with Crippen molar-refractivity contribution in [3.63, 3.8) is 0 Å². The van der Waals surface area contributed by atoms with Gasteiger partial charge >= 0.3 is 11.7 Å². The molecule has 84 valence electrons. The molecule has 0 unspecified atom stereocenters. The lowest BCUT2D eigenvalue weighted by molar-refractivity contribution is -0.385. The Morgan fingerprint density at radius 1 is 1.56 bits per heavy atom. The summed E-state index contributed by atoms with van der Waals surface area (Å²) in [4.78, 5) is 22.9. The summed E-state index contributed by atoms with van der Waals surface area (Å²) in [6.45, 7) is 0. The van der Waals surface area contributed by atoms with Crippen LogP contribution in [0.25, 0.3) is 6.08 Å². The summed E-state index contributed by atoms with van der Waals surface area (Å²) >= 11 is 0. The molecule has 0 bridgehead atoms. The molecule has 1 aromatic carbocycles. The maximum atomic E-state index is 11.3. The monoisotopic (exact) mass is 227 g/mol. The van der Waals surface area contributed by atoms with E-state index in [9.17, 15) is 24.5 Å². The van der Waals surface area contributed by atoms with E-state index in [1.165, 1.54) is 6.07 Å². The Morgan fingerprint density at radius 2 is 2.25 bits per heavy atom. The fraction of sp³-hybridized carbons (Fsp3) is 0. The minimum absolute atomic E-state index is 0.300. The van der Waals surface area contributed by atoms with Crippen LogP contribution in [0.2, 0.25) is 0 Å². The molecule has 0 radical (unpaired) electrons. The van der Waals surface area contributed by atoms with Gasteiger partial charge < -0.3 is 5.11 Å². The Morgan fingerprint density at radius 3 is 2.75 bits per heavy atom. The van der Waals surface area contributed by atoms with Gasteiger partial charge in [-0.1, -0.05) is 0 Å². The van der Waals surface area contributed by atoms with Gasteiger partial charge in [-0.15, -0.1) is 0 Å². The number of halogens is 1. The number of carbonyl (C=O) groups is 1. The Kier molecular flexibility index (Phi) is 3.54. The molecule has 0 aliphatic rings. The molecule has 0 aliphatic carbocycles. The Hall–Kier alpha value is -2.44. The summed E-state index contributed by atoms with van der Waals surface area (Å²) in [5.74, 6) is -1.75. The van der Waals surface area contributed by atoms with Crippen LogP contribution in [0.3, 0.4) is 0 Å². The number of rotatable bonds is 3. The lowest BCUT2D eigenvalue weighted by Gasteiger charge is -1.97. The SMILES string of the molecule is O=C(/C=C/c1ccc([N+](=O)[O-])c(O)c1)OF. The number of aromatic hydroxyl groups is 1. The van der Waals surface area contributed by atoms with Crippen LogP contribution in [-0.4, -0.2) is 16.0 Å². The molecule has 7 heteroatoms. The summed E-state index contributed by atoms with van der Waals surface area (Å²) in [5.41, 5.74) is -0.154. The van der Waals surface area contributed by atoms with Gasteiger partial charge in [0.1, 0.15) is 0 Å². The van der Waals surface area contributed by atoms with Crippen LogP contribution in [-0.2, 0) is 9.74 Å². The minimum Gasteiger partial charge on any atom is -0.502 e. The van der Waals surface area contributed by atoms with Crippen molar-refractivity contribution in [3.8, 4) is 5.75 Å². The normalized spacial score (nSPS) is 10.3. The summed E-state index contributed by atoms with van der Waals surface area (Å²) < 4.78 is 11.3. The first-order chi connectivity index (χ1) is 7.54. The van der Waals surface area contributed by atoms with E-state index in [4.69, 9.17) is 0 Å². The Balaban J connectivity index is 2.94. The highest BCUT2D eigenvalue weighted by Crippen LogP contribution is 2.26. The van der Waals surface area contributed by atoms with Gasteiger partial charge in [-0.3, -0.25) is 15.1 Å². The van der Waals surface area contributed by atoms with E-state index in [1.54, 1.807) is 0 Å². The molecule has 0 fully saturated rings. The number of phenolic OH excluding ortho intramolecular Hbond substituents is 1. The molecule has 0 aromatic heterocycles. The topological polar surface area (TPSA) is 89.7 Å². The third kappa shape index (κ3) is 2.77. The average molecular weight is 227 g/mol. The number of hydrogen-bond donors (Lipinski definition) is 1. The first-order valence-electron chi connectivity index (χ1n) is 4.02. The van der Waals surface area contributed by atoms with Gasteiger partial charge in [-0.05, 0) is 23.8 Å². The number of nitro groups is 1. The van der Waals surface area contributed by atoms with Crippen molar-refractivity contribution in [1.29, 1.82) is 0 Å². The molecule has 1 rings (SSSR count). The molecule has 0 atom stereocenters. The standard InChI is InChI=1S/C9H6FNO5/c10-16-9(13)4-2-6-1-3-7(11(14)15)8(12)5-6/h1-5,12H/b4-2+. The van der Waals surface area contributed by atoms with Crippen molar-refractivity contribution < 1.29 is 24.3 Å². The molecule has 0 saturated heterocycles. The van der Waals surface area contributed by atoms with Gasteiger partial charge in [0, 0.05) is 16.7 Å².